The molecule has 7 aromatic carbocycles. The summed E-state index contributed by atoms with van der Waals surface area (Å²) in [6.45, 7) is 7.17. The highest BCUT2D eigenvalue weighted by Crippen LogP contribution is 2.40. The lowest BCUT2D eigenvalue weighted by Gasteiger charge is -2.09. The Morgan fingerprint density at radius 2 is 0.624 bits per heavy atom. The second-order valence-corrected chi connectivity index (χ2v) is 43.2. The fourth-order valence-corrected chi connectivity index (χ4v) is 15.6. The van der Waals surface area contributed by atoms with E-state index in [1.807, 2.05) is 80.8 Å². The third-order valence-electron chi connectivity index (χ3n) is 16.1. The molecular weight excluding hydrogens is 2070 g/mol. The zero-order chi connectivity index (χ0) is 105. The molecule has 4 aliphatic rings. The zero-order valence-corrected chi connectivity index (χ0v) is 86.1. The summed E-state index contributed by atoms with van der Waals surface area (Å²) in [7, 11) is -23.0. The fraction of sp³-hybridized carbons (Fsp3) is 0.169. The Balaban J connectivity index is 0.000000292. The molecule has 4 heterocycles. The highest BCUT2D eigenvalue weighted by atomic mass is 32.2. The van der Waals surface area contributed by atoms with Gasteiger partial charge in [0.15, 0.2) is 11.4 Å². The van der Waals surface area contributed by atoms with Gasteiger partial charge in [-0.1, -0.05) is 211 Å². The largest absolute Gasteiger partial charge is 0.497 e. The molecule has 52 heteroatoms. The van der Waals surface area contributed by atoms with E-state index in [-0.39, 0.29) is 61.9 Å². The number of aryl methyl sites for hydroxylation is 2. The number of nitrogens with zero attached hydrogens (tertiary/aromatic N) is 13. The number of hydrogen-bond acceptors (Lipinski definition) is 45. The van der Waals surface area contributed by atoms with E-state index in [1.165, 1.54) is 56.8 Å². The van der Waals surface area contributed by atoms with Gasteiger partial charge >= 0.3 is 82.8 Å². The molecule has 0 aliphatic carbocycles. The minimum atomic E-state index is -3.71. The van der Waals surface area contributed by atoms with Gasteiger partial charge in [-0.15, -0.1) is 11.8 Å². The summed E-state index contributed by atoms with van der Waals surface area (Å²) in [4.78, 5) is 39.1. The Bertz CT molecular complexity index is 7280. The Hall–Kier alpha value is -14.5. The van der Waals surface area contributed by atoms with Crippen LogP contribution >= 0.6 is 58.8 Å². The minimum absolute atomic E-state index is 0.0170. The van der Waals surface area contributed by atoms with E-state index in [1.54, 1.807) is 183 Å². The van der Waals surface area contributed by atoms with Crippen molar-refractivity contribution in [3.8, 4) is 42.2 Å². The molecule has 7 aromatic rings. The standard InChI is InChI=1S/C16H14N2O5S2.C15H12N2O5S2.2C14H12N2O3S2.C10H10N2O4S.C10H10N2O3S2.C10H11NO4S/c1-3-22-16(19)12-7-5-4-6-11(12)13(10-17)14-8-9-15(24-14)18-23-25(2,20)21;1-21-15(18)11-6-4-3-5-10(11)12(9-16)13-7-8-14(23-13)17-22-24(2,19)20;2*1-10-5-3-4-6-11(10)12(9-15)13-7-8-14(20-13)16-19-21(2,17)18;1-15-9-5-3-8(4-6-9)10(7-11)12-16-17(2,13)14;1-16-9-5-3-8(4-6-9)10(7-11)12-15-17(2,13)14;1-8(11-15-16(2,13)14)10(12)9-6-4-3-5-7-9/h4-9H,3H2,1-2H3;3-8H,1-2H3;2*3-8H,1-2H3;2*3-6H,1-2H3;3-7H,1-2H3/b14-13-,18-15?;13-12-,17-14?;13-12+,16-14?;13-12-,16-14?;;;. The lowest BCUT2D eigenvalue weighted by Crippen LogP contribution is -2.12. The number of carbonyl (C=O) groups excluding carboxylic acids is 3. The number of nitriles is 6. The van der Waals surface area contributed by atoms with E-state index >= 15 is 0 Å². The highest BCUT2D eigenvalue weighted by Gasteiger charge is 2.26. The Kier molecular flexibility index (Phi) is 46.4. The molecule has 0 aromatic heterocycles. The van der Waals surface area contributed by atoms with Crippen LogP contribution < -0.4 is 4.74 Å². The van der Waals surface area contributed by atoms with Crippen molar-refractivity contribution in [1.29, 1.82) is 31.6 Å². The SMILES string of the molecule is CC(=NOS(C)(=O)=O)C(=O)c1ccccc1.CCOC(=O)c1ccccc1/C(C#N)=C1/C=CC(=NOS(C)(=O)=O)S1.COC(=O)c1ccccc1/C(C#N)=C1/C=CC(=NOS(C)(=O)=O)S1.COc1ccc(C(C#N)=NOS(C)(=O)=O)cc1.CSc1ccc(C(C#N)=NOS(C)(=O)=O)cc1.Cc1ccccc1/C(C#N)=C1/C=CC(=NOS(C)(=O)=O)S1.Cc1ccccc1/C(C#N)=C1\C=CC(=NOS(C)(=O)=O)S1. The third kappa shape index (κ3) is 42.4. The van der Waals surface area contributed by atoms with Crippen molar-refractivity contribution in [2.75, 3.05) is 70.9 Å². The average Bonchev–Trinajstić information content (AvgIpc) is 1.77. The van der Waals surface area contributed by atoms with Crippen molar-refractivity contribution in [2.45, 2.75) is 32.6 Å². The fourth-order valence-electron chi connectivity index (χ4n) is 10.2. The van der Waals surface area contributed by atoms with Crippen LogP contribution in [0.1, 0.15) is 89.4 Å². The van der Waals surface area contributed by atoms with Crippen molar-refractivity contribution in [1.82, 2.24) is 0 Å². The van der Waals surface area contributed by atoms with Crippen molar-refractivity contribution >= 4 is 207 Å². The van der Waals surface area contributed by atoms with Crippen LogP contribution in [0.15, 0.2) is 285 Å². The Morgan fingerprint density at radius 3 is 0.908 bits per heavy atom. The summed E-state index contributed by atoms with van der Waals surface area (Å²) in [5.74, 6) is -0.827. The van der Waals surface area contributed by atoms with Gasteiger partial charge in [-0.2, -0.15) is 90.5 Å². The molecule has 0 amide bonds. The van der Waals surface area contributed by atoms with Gasteiger partial charge in [-0.05, 0) is 153 Å². The molecule has 40 nitrogen and oxygen atoms in total. The smallest absolute Gasteiger partial charge is 0.338 e. The second kappa shape index (κ2) is 55.9. The lowest BCUT2D eigenvalue weighted by atomic mass is 10.00. The van der Waals surface area contributed by atoms with E-state index in [0.717, 1.165) is 94.5 Å². The number of benzene rings is 7. The predicted molar refractivity (Wildman–Crippen MR) is 540 cm³/mol. The number of thioether (sulfide) groups is 5. The topological polar surface area (TPSA) is 612 Å². The van der Waals surface area contributed by atoms with Gasteiger partial charge in [0.2, 0.25) is 5.78 Å². The van der Waals surface area contributed by atoms with Crippen LogP contribution in [0.3, 0.4) is 0 Å². The molecule has 0 unspecified atom stereocenters. The Labute approximate surface area is 836 Å². The first-order valence-electron chi connectivity index (χ1n) is 38.8. The van der Waals surface area contributed by atoms with Crippen molar-refractivity contribution in [3.05, 3.63) is 305 Å². The van der Waals surface area contributed by atoms with Crippen LogP contribution in [-0.2, 0) is 110 Å². The number of Topliss-reactive ketones (excluding diaryl/α,β-unsaturated/α-hetero) is 1. The molecule has 0 N–H and O–H groups in total. The molecule has 0 radical (unpaired) electrons. The minimum Gasteiger partial charge on any atom is -0.497 e. The highest BCUT2D eigenvalue weighted by molar-refractivity contribution is 8.19. The van der Waals surface area contributed by atoms with Gasteiger partial charge in [0, 0.05) is 52.3 Å². The maximum absolute atomic E-state index is 12.1. The van der Waals surface area contributed by atoms with Gasteiger partial charge in [-0.25, -0.2) is 9.59 Å². The van der Waals surface area contributed by atoms with E-state index < -0.39 is 82.8 Å². The summed E-state index contributed by atoms with van der Waals surface area (Å²) in [5.41, 5.74) is 7.79. The number of ketones is 1. The second-order valence-electron chi connectivity index (χ2n) is 27.2. The number of hydrogen-bond donors (Lipinski definition) is 0. The molecule has 0 bridgehead atoms. The summed E-state index contributed by atoms with van der Waals surface area (Å²) >= 11 is 6.08. The molecular formula is C89H81N13O27S12. The molecule has 0 fully saturated rings. The maximum Gasteiger partial charge on any atom is 0.338 e. The molecule has 0 saturated heterocycles. The molecule has 141 heavy (non-hydrogen) atoms. The third-order valence-corrected chi connectivity index (χ3v) is 23.2. The normalized spacial score (nSPS) is 15.8. The summed E-state index contributed by atoms with van der Waals surface area (Å²) in [6, 6.07) is 62.2. The molecule has 11 rings (SSSR count). The first kappa shape index (κ1) is 117. The van der Waals surface area contributed by atoms with Crippen molar-refractivity contribution in [2.24, 2.45) is 36.1 Å². The number of esters is 2. The van der Waals surface area contributed by atoms with Gasteiger partial charge in [0.05, 0.1) is 98.0 Å². The van der Waals surface area contributed by atoms with Crippen LogP contribution in [0.25, 0.3) is 22.3 Å². The Morgan fingerprint density at radius 1 is 0.340 bits per heavy atom. The van der Waals surface area contributed by atoms with Gasteiger partial charge < -0.3 is 14.2 Å². The number of oxime groups is 7. The van der Waals surface area contributed by atoms with E-state index in [9.17, 15) is 94.4 Å². The quantitative estimate of drug-likeness (QED) is 0.0115. The van der Waals surface area contributed by atoms with Gasteiger partial charge in [0.1, 0.15) is 68.1 Å². The van der Waals surface area contributed by atoms with Gasteiger partial charge in [-0.3, -0.25) is 34.8 Å². The van der Waals surface area contributed by atoms with Crippen molar-refractivity contribution < 1.29 is 118 Å². The number of carbonyl (C=O) groups is 3. The average molecular weight is 2150 g/mol. The summed E-state index contributed by atoms with van der Waals surface area (Å²) in [5, 5.41) is 80.7. The van der Waals surface area contributed by atoms with Crippen LogP contribution in [0.5, 0.6) is 5.75 Å². The number of ether oxygens (including phenoxy) is 3. The van der Waals surface area contributed by atoms with Crippen LogP contribution in [0, 0.1) is 81.8 Å². The first-order chi connectivity index (χ1) is 66.3. The van der Waals surface area contributed by atoms with Crippen LogP contribution in [0.2, 0.25) is 0 Å². The summed E-state index contributed by atoms with van der Waals surface area (Å²) in [6.07, 6.45) is 21.0. The number of rotatable bonds is 27. The lowest BCUT2D eigenvalue weighted by molar-refractivity contribution is 0.0524. The number of methoxy groups -OCH3 is 2. The maximum atomic E-state index is 12.1. The van der Waals surface area contributed by atoms with Gasteiger partial charge in [0.25, 0.3) is 0 Å². The van der Waals surface area contributed by atoms with Crippen LogP contribution in [0.4, 0.5) is 0 Å². The summed E-state index contributed by atoms with van der Waals surface area (Å²) < 4.78 is 197. The van der Waals surface area contributed by atoms with E-state index in [0.29, 0.717) is 74.4 Å². The van der Waals surface area contributed by atoms with E-state index in [2.05, 4.69) is 90.4 Å². The molecule has 736 valence electrons. The van der Waals surface area contributed by atoms with Crippen molar-refractivity contribution in [3.63, 3.8) is 0 Å². The first-order valence-corrected chi connectivity index (χ1v) is 56.0. The molecule has 4 aliphatic heterocycles. The number of allylic oxidation sites excluding steroid dienone is 8. The monoisotopic (exact) mass is 2150 g/mol. The van der Waals surface area contributed by atoms with Crippen LogP contribution in [-0.4, -0.2) is 185 Å². The zero-order valence-electron chi connectivity index (χ0n) is 76.3. The molecule has 0 spiro atoms. The van der Waals surface area contributed by atoms with E-state index in [4.69, 9.17) is 24.7 Å². The molecule has 0 atom stereocenters. The molecule has 0 saturated carbocycles. The predicted octanol–water partition coefficient (Wildman–Crippen LogP) is 14.4.